The number of hydrogen-bond donors (Lipinski definition) is 2. The Labute approximate surface area is 148 Å². The molecule has 0 saturated heterocycles. The van der Waals surface area contributed by atoms with Gasteiger partial charge < -0.3 is 19.7 Å². The molecule has 0 amide bonds. The normalized spacial score (nSPS) is 10.2. The van der Waals surface area contributed by atoms with Gasteiger partial charge in [0.1, 0.15) is 0 Å². The van der Waals surface area contributed by atoms with Crippen LogP contribution in [-0.2, 0) is 0 Å². The highest BCUT2D eigenvalue weighted by atomic mass is 16.5. The van der Waals surface area contributed by atoms with Gasteiger partial charge in [-0.3, -0.25) is 0 Å². The molecule has 0 spiro atoms. The van der Waals surface area contributed by atoms with E-state index < -0.39 is 0 Å². The first kappa shape index (κ1) is 18.5. The molecule has 0 aromatic heterocycles. The van der Waals surface area contributed by atoms with Crippen molar-refractivity contribution in [1.82, 2.24) is 0 Å². The van der Waals surface area contributed by atoms with E-state index in [9.17, 15) is 10.2 Å². The molecular formula is C21H24O4. The van der Waals surface area contributed by atoms with E-state index in [1.54, 1.807) is 24.3 Å². The van der Waals surface area contributed by atoms with E-state index in [2.05, 4.69) is 12.7 Å². The lowest BCUT2D eigenvalue weighted by molar-refractivity contribution is 0.373. The molecule has 2 aromatic carbocycles. The number of aromatic hydroxyl groups is 2. The van der Waals surface area contributed by atoms with Crippen molar-refractivity contribution >= 4 is 5.57 Å². The predicted octanol–water partition coefficient (Wildman–Crippen LogP) is 4.90. The molecule has 0 aliphatic rings. The quantitative estimate of drug-likeness (QED) is 0.530. The Morgan fingerprint density at radius 2 is 1.44 bits per heavy atom. The van der Waals surface area contributed by atoms with E-state index in [1.807, 2.05) is 18.2 Å². The van der Waals surface area contributed by atoms with E-state index in [4.69, 9.17) is 9.47 Å². The van der Waals surface area contributed by atoms with Crippen LogP contribution in [0.15, 0.2) is 55.1 Å². The number of phenolic OH excluding ortho intramolecular Hbond substituents is 2. The van der Waals surface area contributed by atoms with Crippen LogP contribution in [0.25, 0.3) is 5.57 Å². The van der Waals surface area contributed by atoms with Crippen molar-refractivity contribution in [3.63, 3.8) is 0 Å². The minimum atomic E-state index is 0.0977. The van der Waals surface area contributed by atoms with Gasteiger partial charge in [-0.25, -0.2) is 0 Å². The van der Waals surface area contributed by atoms with Crippen LogP contribution in [0, 0.1) is 0 Å². The van der Waals surface area contributed by atoms with Gasteiger partial charge in [0, 0.05) is 0 Å². The molecule has 2 rings (SSSR count). The third-order valence-electron chi connectivity index (χ3n) is 3.94. The van der Waals surface area contributed by atoms with Crippen molar-refractivity contribution in [2.45, 2.75) is 19.3 Å². The molecule has 2 aromatic rings. The maximum Gasteiger partial charge on any atom is 0.161 e. The fourth-order valence-electron chi connectivity index (χ4n) is 2.60. The fourth-order valence-corrected chi connectivity index (χ4v) is 2.60. The highest BCUT2D eigenvalue weighted by Gasteiger charge is 2.11. The molecule has 0 heterocycles. The van der Waals surface area contributed by atoms with Crippen LogP contribution in [0.1, 0.15) is 30.4 Å². The predicted molar refractivity (Wildman–Crippen MR) is 100 cm³/mol. The van der Waals surface area contributed by atoms with Crippen LogP contribution < -0.4 is 9.47 Å². The zero-order valence-corrected chi connectivity index (χ0v) is 14.7. The molecule has 0 aliphatic heterocycles. The molecule has 2 N–H and O–H groups in total. The topological polar surface area (TPSA) is 58.9 Å². The second-order valence-corrected chi connectivity index (χ2v) is 5.61. The Balaban J connectivity index is 2.48. The van der Waals surface area contributed by atoms with Crippen molar-refractivity contribution in [2.24, 2.45) is 0 Å². The average Bonchev–Trinajstić information content (AvgIpc) is 2.63. The SMILES string of the molecule is C=CCCCC=C(c1ccc(O)c(OC)c1)c1ccc(O)c(OC)c1. The van der Waals surface area contributed by atoms with Crippen LogP contribution in [-0.4, -0.2) is 24.4 Å². The number of unbranched alkanes of at least 4 members (excludes halogenated alkanes) is 2. The van der Waals surface area contributed by atoms with Crippen LogP contribution in [0.3, 0.4) is 0 Å². The molecule has 0 atom stereocenters. The molecule has 0 saturated carbocycles. The summed E-state index contributed by atoms with van der Waals surface area (Å²) in [5.41, 5.74) is 2.82. The molecule has 132 valence electrons. The second kappa shape index (κ2) is 8.83. The Morgan fingerprint density at radius 1 is 0.920 bits per heavy atom. The van der Waals surface area contributed by atoms with E-state index >= 15 is 0 Å². The lowest BCUT2D eigenvalue weighted by Crippen LogP contribution is -1.93. The third-order valence-corrected chi connectivity index (χ3v) is 3.94. The third kappa shape index (κ3) is 4.57. The van der Waals surface area contributed by atoms with Crippen molar-refractivity contribution in [3.05, 3.63) is 66.3 Å². The summed E-state index contributed by atoms with van der Waals surface area (Å²) in [4.78, 5) is 0. The highest BCUT2D eigenvalue weighted by Crippen LogP contribution is 2.35. The first-order valence-electron chi connectivity index (χ1n) is 8.16. The van der Waals surface area contributed by atoms with Crippen LogP contribution >= 0.6 is 0 Å². The van der Waals surface area contributed by atoms with Crippen molar-refractivity contribution in [2.75, 3.05) is 14.2 Å². The van der Waals surface area contributed by atoms with E-state index in [-0.39, 0.29) is 11.5 Å². The lowest BCUT2D eigenvalue weighted by atomic mass is 9.95. The van der Waals surface area contributed by atoms with Gasteiger partial charge in [0.15, 0.2) is 23.0 Å². The summed E-state index contributed by atoms with van der Waals surface area (Å²) in [6.07, 6.45) is 6.87. The number of rotatable bonds is 8. The molecule has 4 heteroatoms. The maximum absolute atomic E-state index is 9.84. The molecule has 0 bridgehead atoms. The summed E-state index contributed by atoms with van der Waals surface area (Å²) in [5, 5.41) is 19.7. The van der Waals surface area contributed by atoms with Crippen molar-refractivity contribution < 1.29 is 19.7 Å². The first-order chi connectivity index (χ1) is 12.1. The average molecular weight is 340 g/mol. The van der Waals surface area contributed by atoms with Crippen LogP contribution in [0.2, 0.25) is 0 Å². The summed E-state index contributed by atoms with van der Waals surface area (Å²) in [5.74, 6) is 1.03. The maximum atomic E-state index is 9.84. The summed E-state index contributed by atoms with van der Waals surface area (Å²) in [7, 11) is 3.05. The van der Waals surface area contributed by atoms with Gasteiger partial charge in [-0.15, -0.1) is 6.58 Å². The van der Waals surface area contributed by atoms with Gasteiger partial charge in [0.25, 0.3) is 0 Å². The Morgan fingerprint density at radius 3 is 1.88 bits per heavy atom. The molecule has 0 radical (unpaired) electrons. The molecule has 0 aliphatic carbocycles. The zero-order chi connectivity index (χ0) is 18.2. The molecule has 25 heavy (non-hydrogen) atoms. The van der Waals surface area contributed by atoms with Crippen LogP contribution in [0.4, 0.5) is 0 Å². The van der Waals surface area contributed by atoms with Gasteiger partial charge >= 0.3 is 0 Å². The summed E-state index contributed by atoms with van der Waals surface area (Å²) < 4.78 is 10.4. The standard InChI is InChI=1S/C21H24O4/c1-4-5-6-7-8-17(15-9-11-18(22)20(13-15)24-2)16-10-12-19(23)21(14-16)25-3/h4,8-14,22-23H,1,5-7H2,2-3H3. The first-order valence-corrected chi connectivity index (χ1v) is 8.16. The zero-order valence-electron chi connectivity index (χ0n) is 14.7. The summed E-state index contributed by atoms with van der Waals surface area (Å²) in [6, 6.07) is 10.5. The summed E-state index contributed by atoms with van der Waals surface area (Å²) in [6.45, 7) is 3.75. The largest absolute Gasteiger partial charge is 0.504 e. The highest BCUT2D eigenvalue weighted by molar-refractivity contribution is 5.81. The molecular weight excluding hydrogens is 316 g/mol. The second-order valence-electron chi connectivity index (χ2n) is 5.61. The Bertz CT molecular complexity index is 707. The minimum Gasteiger partial charge on any atom is -0.504 e. The van der Waals surface area contributed by atoms with Gasteiger partial charge in [-0.2, -0.15) is 0 Å². The van der Waals surface area contributed by atoms with E-state index in [1.165, 1.54) is 14.2 Å². The number of methoxy groups -OCH3 is 2. The van der Waals surface area contributed by atoms with E-state index in [0.29, 0.717) is 11.5 Å². The monoisotopic (exact) mass is 340 g/mol. The van der Waals surface area contributed by atoms with E-state index in [0.717, 1.165) is 36.0 Å². The Hall–Kier alpha value is -2.88. The fraction of sp³-hybridized carbons (Fsp3) is 0.238. The number of benzene rings is 2. The Kier molecular flexibility index (Phi) is 6.52. The van der Waals surface area contributed by atoms with Crippen LogP contribution in [0.5, 0.6) is 23.0 Å². The molecule has 0 fully saturated rings. The number of hydrogen-bond acceptors (Lipinski definition) is 4. The van der Waals surface area contributed by atoms with Gasteiger partial charge in [0.05, 0.1) is 14.2 Å². The van der Waals surface area contributed by atoms with Gasteiger partial charge in [-0.05, 0) is 60.2 Å². The van der Waals surface area contributed by atoms with Gasteiger partial charge in [0.2, 0.25) is 0 Å². The van der Waals surface area contributed by atoms with Gasteiger partial charge in [-0.1, -0.05) is 24.3 Å². The van der Waals surface area contributed by atoms with Crippen molar-refractivity contribution in [1.29, 1.82) is 0 Å². The number of ether oxygens (including phenoxy) is 2. The lowest BCUT2D eigenvalue weighted by Gasteiger charge is -2.13. The van der Waals surface area contributed by atoms with Crippen molar-refractivity contribution in [3.8, 4) is 23.0 Å². The minimum absolute atomic E-state index is 0.0977. The number of allylic oxidation sites excluding steroid dienone is 2. The summed E-state index contributed by atoms with van der Waals surface area (Å²) >= 11 is 0. The molecule has 4 nitrogen and oxygen atoms in total. The number of phenols is 2. The smallest absolute Gasteiger partial charge is 0.161 e. The molecule has 0 unspecified atom stereocenters.